The summed E-state index contributed by atoms with van der Waals surface area (Å²) in [5, 5.41) is 0. The van der Waals surface area contributed by atoms with Crippen molar-refractivity contribution in [2.45, 2.75) is 40.8 Å². The smallest absolute Gasteiger partial charge is 0.0714 e. The van der Waals surface area contributed by atoms with Crippen LogP contribution in [0, 0.1) is 5.92 Å². The lowest BCUT2D eigenvalue weighted by Crippen LogP contribution is -2.14. The summed E-state index contributed by atoms with van der Waals surface area (Å²) in [6, 6.07) is 11.0. The van der Waals surface area contributed by atoms with E-state index < -0.39 is 0 Å². The SMILES string of the molecule is BrC1(Br)[C@@H]2CCCCC[C@@]21c1ccccc1. The zero-order chi connectivity index (χ0) is 11.2. The van der Waals surface area contributed by atoms with Gasteiger partial charge in [0.05, 0.1) is 3.23 Å². The molecule has 0 spiro atoms. The molecule has 3 rings (SSSR count). The predicted octanol–water partition coefficient (Wildman–Crippen LogP) is 5.00. The molecule has 1 aromatic rings. The summed E-state index contributed by atoms with van der Waals surface area (Å²) in [5.74, 6) is 0.768. The molecule has 2 fully saturated rings. The Morgan fingerprint density at radius 1 is 1.00 bits per heavy atom. The monoisotopic (exact) mass is 342 g/mol. The summed E-state index contributed by atoms with van der Waals surface area (Å²) >= 11 is 7.85. The summed E-state index contributed by atoms with van der Waals surface area (Å²) < 4.78 is 0.161. The minimum absolute atomic E-state index is 0.161. The molecule has 86 valence electrons. The average Bonchev–Trinajstić information content (AvgIpc) is 2.87. The van der Waals surface area contributed by atoms with Crippen molar-refractivity contribution in [3.63, 3.8) is 0 Å². The molecule has 0 unspecified atom stereocenters. The van der Waals surface area contributed by atoms with Crippen LogP contribution in [-0.2, 0) is 5.41 Å². The third-order valence-corrected chi connectivity index (χ3v) is 6.92. The van der Waals surface area contributed by atoms with Gasteiger partial charge in [0.1, 0.15) is 0 Å². The first-order chi connectivity index (χ1) is 7.69. The lowest BCUT2D eigenvalue weighted by molar-refractivity contribution is 0.562. The first-order valence-corrected chi connectivity index (χ1v) is 7.71. The van der Waals surface area contributed by atoms with Gasteiger partial charge in [0.25, 0.3) is 0 Å². The summed E-state index contributed by atoms with van der Waals surface area (Å²) in [6.07, 6.45) is 6.83. The Kier molecular flexibility index (Phi) is 2.71. The first-order valence-electron chi connectivity index (χ1n) is 6.13. The molecule has 0 heterocycles. The molecular formula is C14H16Br2. The maximum absolute atomic E-state index is 3.92. The zero-order valence-electron chi connectivity index (χ0n) is 9.26. The third-order valence-electron chi connectivity index (χ3n) is 4.40. The van der Waals surface area contributed by atoms with Crippen LogP contribution >= 0.6 is 31.9 Å². The Morgan fingerprint density at radius 2 is 1.75 bits per heavy atom. The predicted molar refractivity (Wildman–Crippen MR) is 75.3 cm³/mol. The van der Waals surface area contributed by atoms with Gasteiger partial charge in [-0.3, -0.25) is 0 Å². The molecule has 0 amide bonds. The highest BCUT2D eigenvalue weighted by Crippen LogP contribution is 2.75. The van der Waals surface area contributed by atoms with Crippen molar-refractivity contribution >= 4 is 31.9 Å². The van der Waals surface area contributed by atoms with Crippen molar-refractivity contribution in [2.24, 2.45) is 5.92 Å². The third kappa shape index (κ3) is 1.38. The molecule has 2 aliphatic rings. The van der Waals surface area contributed by atoms with E-state index in [1.807, 2.05) is 0 Å². The van der Waals surface area contributed by atoms with Crippen molar-refractivity contribution in [3.05, 3.63) is 35.9 Å². The average molecular weight is 344 g/mol. The largest absolute Gasteiger partial charge is 0.0942 e. The number of fused-ring (bicyclic) bond motifs is 1. The second-order valence-corrected chi connectivity index (χ2v) is 8.68. The highest BCUT2D eigenvalue weighted by molar-refractivity contribution is 9.25. The van der Waals surface area contributed by atoms with E-state index in [-0.39, 0.29) is 3.23 Å². The fourth-order valence-electron chi connectivity index (χ4n) is 3.50. The second-order valence-electron chi connectivity index (χ2n) is 5.11. The molecule has 2 saturated carbocycles. The summed E-state index contributed by atoms with van der Waals surface area (Å²) in [4.78, 5) is 0. The molecule has 1 aromatic carbocycles. The summed E-state index contributed by atoms with van der Waals surface area (Å²) in [7, 11) is 0. The molecule has 2 heteroatoms. The zero-order valence-corrected chi connectivity index (χ0v) is 12.4. The molecule has 0 bridgehead atoms. The summed E-state index contributed by atoms with van der Waals surface area (Å²) in [5.41, 5.74) is 1.86. The molecule has 0 aliphatic heterocycles. The normalized spacial score (nSPS) is 36.2. The maximum atomic E-state index is 3.92. The molecule has 0 aromatic heterocycles. The van der Waals surface area contributed by atoms with Gasteiger partial charge >= 0.3 is 0 Å². The van der Waals surface area contributed by atoms with Crippen molar-refractivity contribution in [1.29, 1.82) is 0 Å². The highest BCUT2D eigenvalue weighted by atomic mass is 79.9. The Hall–Kier alpha value is 0.180. The molecule has 2 atom stereocenters. The molecule has 0 saturated heterocycles. The number of hydrogen-bond acceptors (Lipinski definition) is 0. The van der Waals surface area contributed by atoms with Gasteiger partial charge in [-0.25, -0.2) is 0 Å². The van der Waals surface area contributed by atoms with E-state index in [1.54, 1.807) is 0 Å². The quantitative estimate of drug-likeness (QED) is 0.629. The fourth-order valence-corrected chi connectivity index (χ4v) is 5.92. The molecule has 0 radical (unpaired) electrons. The van der Waals surface area contributed by atoms with E-state index in [9.17, 15) is 0 Å². The van der Waals surface area contributed by atoms with E-state index in [0.717, 1.165) is 5.92 Å². The van der Waals surface area contributed by atoms with E-state index in [0.29, 0.717) is 5.41 Å². The van der Waals surface area contributed by atoms with E-state index in [2.05, 4.69) is 62.2 Å². The van der Waals surface area contributed by atoms with Crippen molar-refractivity contribution in [1.82, 2.24) is 0 Å². The number of halogens is 2. The number of alkyl halides is 2. The second kappa shape index (κ2) is 3.84. The van der Waals surface area contributed by atoms with Gasteiger partial charge in [0.2, 0.25) is 0 Å². The van der Waals surface area contributed by atoms with Crippen LogP contribution in [0.25, 0.3) is 0 Å². The topological polar surface area (TPSA) is 0 Å². The van der Waals surface area contributed by atoms with Crippen LogP contribution in [0.2, 0.25) is 0 Å². The fraction of sp³-hybridized carbons (Fsp3) is 0.571. The van der Waals surface area contributed by atoms with E-state index in [4.69, 9.17) is 0 Å². The van der Waals surface area contributed by atoms with E-state index in [1.165, 1.54) is 37.7 Å². The van der Waals surface area contributed by atoms with Crippen molar-refractivity contribution < 1.29 is 0 Å². The Morgan fingerprint density at radius 3 is 2.50 bits per heavy atom. The molecular weight excluding hydrogens is 328 g/mol. The van der Waals surface area contributed by atoms with Crippen LogP contribution in [0.1, 0.15) is 37.7 Å². The first kappa shape index (κ1) is 11.3. The van der Waals surface area contributed by atoms with Crippen LogP contribution in [0.5, 0.6) is 0 Å². The Labute approximate surface area is 114 Å². The number of benzene rings is 1. The highest BCUT2D eigenvalue weighted by Gasteiger charge is 2.74. The standard InChI is InChI=1S/C14H16Br2/c15-14(16)12-9-5-2-6-10-13(12,14)11-7-3-1-4-8-11/h1,3-4,7-8,12H,2,5-6,9-10H2/t12-,13-/m1/s1. The van der Waals surface area contributed by atoms with E-state index >= 15 is 0 Å². The number of hydrogen-bond donors (Lipinski definition) is 0. The van der Waals surface area contributed by atoms with Gasteiger partial charge in [0.15, 0.2) is 0 Å². The Bertz CT molecular complexity index is 385. The van der Waals surface area contributed by atoms with Crippen LogP contribution in [-0.4, -0.2) is 3.23 Å². The number of rotatable bonds is 1. The van der Waals surface area contributed by atoms with Crippen LogP contribution < -0.4 is 0 Å². The van der Waals surface area contributed by atoms with Crippen molar-refractivity contribution in [3.8, 4) is 0 Å². The minimum atomic E-state index is 0.161. The van der Waals surface area contributed by atoms with Gasteiger partial charge in [0, 0.05) is 5.41 Å². The van der Waals surface area contributed by atoms with Crippen molar-refractivity contribution in [2.75, 3.05) is 0 Å². The van der Waals surface area contributed by atoms with Gasteiger partial charge in [-0.1, -0.05) is 81.5 Å². The van der Waals surface area contributed by atoms with Crippen LogP contribution in [0.3, 0.4) is 0 Å². The molecule has 0 nitrogen and oxygen atoms in total. The Balaban J connectivity index is 2.03. The molecule has 16 heavy (non-hydrogen) atoms. The minimum Gasteiger partial charge on any atom is -0.0714 e. The van der Waals surface area contributed by atoms with Gasteiger partial charge in [-0.15, -0.1) is 0 Å². The summed E-state index contributed by atoms with van der Waals surface area (Å²) in [6.45, 7) is 0. The van der Waals surface area contributed by atoms with Gasteiger partial charge in [-0.05, 0) is 24.3 Å². The lowest BCUT2D eigenvalue weighted by Gasteiger charge is -2.18. The molecule has 2 aliphatic carbocycles. The maximum Gasteiger partial charge on any atom is 0.0942 e. The lowest BCUT2D eigenvalue weighted by atomic mass is 9.89. The van der Waals surface area contributed by atoms with Gasteiger partial charge in [-0.2, -0.15) is 0 Å². The van der Waals surface area contributed by atoms with Crippen LogP contribution in [0.15, 0.2) is 30.3 Å². The van der Waals surface area contributed by atoms with Crippen LogP contribution in [0.4, 0.5) is 0 Å². The van der Waals surface area contributed by atoms with Gasteiger partial charge < -0.3 is 0 Å². The molecule has 0 N–H and O–H groups in total.